The van der Waals surface area contributed by atoms with Crippen LogP contribution < -0.4 is 5.32 Å². The van der Waals surface area contributed by atoms with Crippen LogP contribution in [0.2, 0.25) is 0 Å². The Labute approximate surface area is 121 Å². The standard InChI is InChI=1S/C15H27N3O2/c1-3-7-17-8-5-13(6-9-17)16-15(20)18-10-4-12(2)14(19)11-18/h3,12-14,19H,1,4-11H2,2H3,(H,16,20). The van der Waals surface area contributed by atoms with Gasteiger partial charge in [0.05, 0.1) is 6.10 Å². The van der Waals surface area contributed by atoms with E-state index in [-0.39, 0.29) is 18.2 Å². The number of hydrogen-bond donors (Lipinski definition) is 2. The summed E-state index contributed by atoms with van der Waals surface area (Å²) >= 11 is 0. The average Bonchev–Trinajstić information content (AvgIpc) is 2.44. The summed E-state index contributed by atoms with van der Waals surface area (Å²) in [4.78, 5) is 16.3. The highest BCUT2D eigenvalue weighted by molar-refractivity contribution is 5.74. The summed E-state index contributed by atoms with van der Waals surface area (Å²) in [5.41, 5.74) is 0. The van der Waals surface area contributed by atoms with E-state index < -0.39 is 0 Å². The molecular weight excluding hydrogens is 254 g/mol. The van der Waals surface area contributed by atoms with Gasteiger partial charge < -0.3 is 15.3 Å². The predicted molar refractivity (Wildman–Crippen MR) is 79.6 cm³/mol. The lowest BCUT2D eigenvalue weighted by atomic mass is 9.96. The molecule has 0 aromatic carbocycles. The fraction of sp³-hybridized carbons (Fsp3) is 0.800. The minimum Gasteiger partial charge on any atom is -0.391 e. The van der Waals surface area contributed by atoms with Gasteiger partial charge in [0.25, 0.3) is 0 Å². The van der Waals surface area contributed by atoms with Gasteiger partial charge in [-0.3, -0.25) is 4.90 Å². The number of carbonyl (C=O) groups excluding carboxylic acids is 1. The summed E-state index contributed by atoms with van der Waals surface area (Å²) in [5.74, 6) is 0.293. The van der Waals surface area contributed by atoms with Crippen LogP contribution in [0.5, 0.6) is 0 Å². The van der Waals surface area contributed by atoms with Crippen LogP contribution in [0.25, 0.3) is 0 Å². The van der Waals surface area contributed by atoms with Crippen molar-refractivity contribution in [2.45, 2.75) is 38.3 Å². The van der Waals surface area contributed by atoms with E-state index in [9.17, 15) is 9.90 Å². The molecule has 0 radical (unpaired) electrons. The number of nitrogens with one attached hydrogen (secondary N) is 1. The van der Waals surface area contributed by atoms with Crippen LogP contribution in [-0.2, 0) is 0 Å². The predicted octanol–water partition coefficient (Wildman–Crippen LogP) is 1.05. The second kappa shape index (κ2) is 7.09. The van der Waals surface area contributed by atoms with Gasteiger partial charge in [-0.25, -0.2) is 4.79 Å². The van der Waals surface area contributed by atoms with Crippen LogP contribution in [-0.4, -0.2) is 65.8 Å². The first-order valence-corrected chi connectivity index (χ1v) is 7.67. The van der Waals surface area contributed by atoms with E-state index in [2.05, 4.69) is 16.8 Å². The normalized spacial score (nSPS) is 29.2. The number of β-amino-alcohol motifs (C(OH)–C–C–N with tert-alkyl or cyclic N) is 1. The number of carbonyl (C=O) groups is 1. The van der Waals surface area contributed by atoms with E-state index in [1.54, 1.807) is 4.90 Å². The Morgan fingerprint density at radius 3 is 2.65 bits per heavy atom. The molecule has 20 heavy (non-hydrogen) atoms. The maximum Gasteiger partial charge on any atom is 0.317 e. The fourth-order valence-corrected chi connectivity index (χ4v) is 2.94. The van der Waals surface area contributed by atoms with E-state index in [1.165, 1.54) is 0 Å². The first-order valence-electron chi connectivity index (χ1n) is 7.67. The van der Waals surface area contributed by atoms with Gasteiger partial charge in [-0.05, 0) is 25.2 Å². The molecule has 2 rings (SSSR count). The van der Waals surface area contributed by atoms with Crippen molar-refractivity contribution in [1.82, 2.24) is 15.1 Å². The molecule has 2 saturated heterocycles. The molecule has 0 aromatic heterocycles. The lowest BCUT2D eigenvalue weighted by Crippen LogP contribution is -2.53. The first-order chi connectivity index (χ1) is 9.60. The molecule has 0 aromatic rings. The molecule has 5 heteroatoms. The van der Waals surface area contributed by atoms with Crippen molar-refractivity contribution < 1.29 is 9.90 Å². The summed E-state index contributed by atoms with van der Waals surface area (Å²) < 4.78 is 0. The second-order valence-corrected chi connectivity index (χ2v) is 6.09. The Balaban J connectivity index is 1.74. The van der Waals surface area contributed by atoms with Gasteiger partial charge >= 0.3 is 6.03 Å². The Bertz CT molecular complexity index is 340. The zero-order valence-corrected chi connectivity index (χ0v) is 12.4. The van der Waals surface area contributed by atoms with Crippen molar-refractivity contribution in [1.29, 1.82) is 0 Å². The van der Waals surface area contributed by atoms with Gasteiger partial charge in [-0.15, -0.1) is 6.58 Å². The van der Waals surface area contributed by atoms with Gasteiger partial charge in [-0.2, -0.15) is 0 Å². The third-order valence-electron chi connectivity index (χ3n) is 4.51. The molecule has 5 nitrogen and oxygen atoms in total. The number of aliphatic hydroxyl groups excluding tert-OH is 1. The highest BCUT2D eigenvalue weighted by atomic mass is 16.3. The van der Waals surface area contributed by atoms with E-state index in [1.807, 2.05) is 13.0 Å². The van der Waals surface area contributed by atoms with Crippen molar-refractivity contribution in [3.63, 3.8) is 0 Å². The molecule has 114 valence electrons. The van der Waals surface area contributed by atoms with Crippen LogP contribution in [0.15, 0.2) is 12.7 Å². The van der Waals surface area contributed by atoms with Crippen molar-refractivity contribution >= 4 is 6.03 Å². The SMILES string of the molecule is C=CCN1CCC(NC(=O)N2CCC(C)C(O)C2)CC1. The van der Waals surface area contributed by atoms with Crippen LogP contribution in [0, 0.1) is 5.92 Å². The lowest BCUT2D eigenvalue weighted by molar-refractivity contribution is 0.0424. The van der Waals surface area contributed by atoms with Crippen LogP contribution in [0.1, 0.15) is 26.2 Å². The van der Waals surface area contributed by atoms with E-state index >= 15 is 0 Å². The number of rotatable bonds is 3. The number of urea groups is 1. The number of piperidine rings is 2. The zero-order chi connectivity index (χ0) is 14.5. The van der Waals surface area contributed by atoms with E-state index in [0.29, 0.717) is 12.5 Å². The number of likely N-dealkylation sites (tertiary alicyclic amines) is 2. The van der Waals surface area contributed by atoms with Gasteiger partial charge in [0.15, 0.2) is 0 Å². The number of aliphatic hydroxyl groups is 1. The molecule has 2 N–H and O–H groups in total. The minimum atomic E-state index is -0.385. The molecule has 2 aliphatic rings. The monoisotopic (exact) mass is 281 g/mol. The fourth-order valence-electron chi connectivity index (χ4n) is 2.94. The largest absolute Gasteiger partial charge is 0.391 e. The molecule has 2 unspecified atom stereocenters. The third-order valence-corrected chi connectivity index (χ3v) is 4.51. The molecule has 0 saturated carbocycles. The molecule has 0 spiro atoms. The summed E-state index contributed by atoms with van der Waals surface area (Å²) in [6.07, 6.45) is 4.41. The van der Waals surface area contributed by atoms with Crippen LogP contribution in [0.4, 0.5) is 4.79 Å². The first kappa shape index (κ1) is 15.3. The van der Waals surface area contributed by atoms with Crippen molar-refractivity contribution in [3.8, 4) is 0 Å². The molecule has 2 amide bonds. The Hall–Kier alpha value is -1.07. The summed E-state index contributed by atoms with van der Waals surface area (Å²) in [7, 11) is 0. The Kier molecular flexibility index (Phi) is 5.43. The number of nitrogens with zero attached hydrogens (tertiary/aromatic N) is 2. The van der Waals surface area contributed by atoms with E-state index in [4.69, 9.17) is 0 Å². The smallest absolute Gasteiger partial charge is 0.317 e. The van der Waals surface area contributed by atoms with Gasteiger partial charge in [0, 0.05) is 38.8 Å². The van der Waals surface area contributed by atoms with Crippen molar-refractivity contribution in [2.75, 3.05) is 32.7 Å². The quantitative estimate of drug-likeness (QED) is 0.760. The molecular formula is C15H27N3O2. The van der Waals surface area contributed by atoms with Gasteiger partial charge in [0.1, 0.15) is 0 Å². The topological polar surface area (TPSA) is 55.8 Å². The molecule has 2 fully saturated rings. The number of hydrogen-bond acceptors (Lipinski definition) is 3. The molecule has 2 aliphatic heterocycles. The molecule has 2 heterocycles. The molecule has 0 aliphatic carbocycles. The van der Waals surface area contributed by atoms with Crippen LogP contribution in [0.3, 0.4) is 0 Å². The highest BCUT2D eigenvalue weighted by Gasteiger charge is 2.29. The molecule has 2 atom stereocenters. The minimum absolute atomic E-state index is 0.0156. The lowest BCUT2D eigenvalue weighted by Gasteiger charge is -2.37. The highest BCUT2D eigenvalue weighted by Crippen LogP contribution is 2.17. The average molecular weight is 281 g/mol. The molecule has 0 bridgehead atoms. The van der Waals surface area contributed by atoms with Crippen LogP contribution >= 0.6 is 0 Å². The number of amides is 2. The van der Waals surface area contributed by atoms with Gasteiger partial charge in [0.2, 0.25) is 0 Å². The Morgan fingerprint density at radius 2 is 2.05 bits per heavy atom. The summed E-state index contributed by atoms with van der Waals surface area (Å²) in [6, 6.07) is 0.248. The summed E-state index contributed by atoms with van der Waals surface area (Å²) in [5, 5.41) is 13.0. The van der Waals surface area contributed by atoms with E-state index in [0.717, 1.165) is 45.4 Å². The Morgan fingerprint density at radius 1 is 1.35 bits per heavy atom. The third kappa shape index (κ3) is 3.96. The zero-order valence-electron chi connectivity index (χ0n) is 12.4. The van der Waals surface area contributed by atoms with Crippen molar-refractivity contribution in [2.24, 2.45) is 5.92 Å². The summed E-state index contributed by atoms with van der Waals surface area (Å²) in [6.45, 7) is 9.95. The second-order valence-electron chi connectivity index (χ2n) is 6.09. The van der Waals surface area contributed by atoms with Gasteiger partial charge in [-0.1, -0.05) is 13.0 Å². The van der Waals surface area contributed by atoms with Crippen molar-refractivity contribution in [3.05, 3.63) is 12.7 Å². The maximum atomic E-state index is 12.2. The maximum absolute atomic E-state index is 12.2.